The van der Waals surface area contributed by atoms with Crippen molar-refractivity contribution in [1.82, 2.24) is 5.32 Å². The van der Waals surface area contributed by atoms with Crippen molar-refractivity contribution >= 4 is 11.6 Å². The molecule has 0 bridgehead atoms. The lowest BCUT2D eigenvalue weighted by atomic mass is 10.1. The van der Waals surface area contributed by atoms with Gasteiger partial charge in [-0.1, -0.05) is 42.5 Å². The Morgan fingerprint density at radius 1 is 1.00 bits per heavy atom. The zero-order valence-electron chi connectivity index (χ0n) is 14.7. The SMILES string of the molecule is CCOCCOc1ccccc1NCC(=O)NCCc1ccccc1. The van der Waals surface area contributed by atoms with Crippen LogP contribution in [0.15, 0.2) is 54.6 Å². The monoisotopic (exact) mass is 342 g/mol. The summed E-state index contributed by atoms with van der Waals surface area (Å²) >= 11 is 0. The van der Waals surface area contributed by atoms with Crippen molar-refractivity contribution in [3.05, 3.63) is 60.2 Å². The molecule has 0 saturated heterocycles. The van der Waals surface area contributed by atoms with Gasteiger partial charge >= 0.3 is 0 Å². The van der Waals surface area contributed by atoms with Crippen LogP contribution in [0.3, 0.4) is 0 Å². The Hall–Kier alpha value is -2.53. The maximum Gasteiger partial charge on any atom is 0.239 e. The van der Waals surface area contributed by atoms with Gasteiger partial charge in [-0.3, -0.25) is 4.79 Å². The molecule has 2 aromatic rings. The number of hydrogen-bond acceptors (Lipinski definition) is 4. The fourth-order valence-electron chi connectivity index (χ4n) is 2.32. The largest absolute Gasteiger partial charge is 0.489 e. The first-order chi connectivity index (χ1) is 12.3. The van der Waals surface area contributed by atoms with Crippen LogP contribution in [-0.2, 0) is 16.0 Å². The molecule has 0 atom stereocenters. The highest BCUT2D eigenvalue weighted by Gasteiger charge is 2.05. The van der Waals surface area contributed by atoms with E-state index in [9.17, 15) is 4.79 Å². The summed E-state index contributed by atoms with van der Waals surface area (Å²) in [5.74, 6) is 0.680. The van der Waals surface area contributed by atoms with E-state index in [1.54, 1.807) is 0 Å². The van der Waals surface area contributed by atoms with Gasteiger partial charge in [0, 0.05) is 13.2 Å². The maximum absolute atomic E-state index is 12.0. The molecule has 2 rings (SSSR count). The van der Waals surface area contributed by atoms with Crippen molar-refractivity contribution in [2.45, 2.75) is 13.3 Å². The molecule has 0 aromatic heterocycles. The lowest BCUT2D eigenvalue weighted by Crippen LogP contribution is -2.31. The second kappa shape index (κ2) is 11.1. The van der Waals surface area contributed by atoms with Gasteiger partial charge in [-0.25, -0.2) is 0 Å². The fourth-order valence-corrected chi connectivity index (χ4v) is 2.32. The quantitative estimate of drug-likeness (QED) is 0.617. The number of rotatable bonds is 11. The summed E-state index contributed by atoms with van der Waals surface area (Å²) in [5, 5.41) is 6.04. The molecule has 2 aromatic carbocycles. The van der Waals surface area contributed by atoms with E-state index in [1.807, 2.05) is 49.4 Å². The van der Waals surface area contributed by atoms with Crippen LogP contribution in [0.5, 0.6) is 5.75 Å². The summed E-state index contributed by atoms with van der Waals surface area (Å²) in [6, 6.07) is 17.7. The van der Waals surface area contributed by atoms with Crippen LogP contribution in [0, 0.1) is 0 Å². The number of para-hydroxylation sites is 2. The van der Waals surface area contributed by atoms with Crippen molar-refractivity contribution in [2.24, 2.45) is 0 Å². The molecule has 0 unspecified atom stereocenters. The molecular weight excluding hydrogens is 316 g/mol. The molecule has 5 nitrogen and oxygen atoms in total. The summed E-state index contributed by atoms with van der Waals surface area (Å²) in [4.78, 5) is 12.0. The predicted molar refractivity (Wildman–Crippen MR) is 100 cm³/mol. The minimum Gasteiger partial charge on any atom is -0.489 e. The van der Waals surface area contributed by atoms with Gasteiger partial charge < -0.3 is 20.1 Å². The van der Waals surface area contributed by atoms with E-state index >= 15 is 0 Å². The van der Waals surface area contributed by atoms with E-state index in [0.717, 1.165) is 17.9 Å². The van der Waals surface area contributed by atoms with Crippen LogP contribution in [0.2, 0.25) is 0 Å². The number of hydrogen-bond donors (Lipinski definition) is 2. The van der Waals surface area contributed by atoms with Crippen LogP contribution in [-0.4, -0.2) is 38.8 Å². The Balaban J connectivity index is 1.71. The zero-order chi connectivity index (χ0) is 17.7. The lowest BCUT2D eigenvalue weighted by molar-refractivity contribution is -0.119. The second-order valence-corrected chi connectivity index (χ2v) is 5.48. The molecule has 1 amide bonds. The Morgan fingerprint density at radius 3 is 2.56 bits per heavy atom. The number of benzene rings is 2. The number of nitrogens with one attached hydrogen (secondary N) is 2. The third kappa shape index (κ3) is 7.27. The summed E-state index contributed by atoms with van der Waals surface area (Å²) < 4.78 is 11.0. The van der Waals surface area contributed by atoms with Gasteiger partial charge in [0.1, 0.15) is 12.4 Å². The number of ether oxygens (including phenoxy) is 2. The summed E-state index contributed by atoms with van der Waals surface area (Å²) in [5.41, 5.74) is 2.01. The predicted octanol–water partition coefficient (Wildman–Crippen LogP) is 2.87. The molecule has 0 spiro atoms. The number of carbonyl (C=O) groups excluding carboxylic acids is 1. The summed E-state index contributed by atoms with van der Waals surface area (Å²) in [6.45, 7) is 4.48. The number of amides is 1. The maximum atomic E-state index is 12.0. The Bertz CT molecular complexity index is 632. The number of carbonyl (C=O) groups is 1. The van der Waals surface area contributed by atoms with Gasteiger partial charge in [0.25, 0.3) is 0 Å². The molecule has 25 heavy (non-hydrogen) atoms. The number of anilines is 1. The Labute approximate surface area is 149 Å². The van der Waals surface area contributed by atoms with Crippen molar-refractivity contribution in [3.63, 3.8) is 0 Å². The van der Waals surface area contributed by atoms with E-state index < -0.39 is 0 Å². The third-order valence-corrected chi connectivity index (χ3v) is 3.59. The van der Waals surface area contributed by atoms with Crippen LogP contribution in [0.1, 0.15) is 12.5 Å². The van der Waals surface area contributed by atoms with Crippen LogP contribution >= 0.6 is 0 Å². The van der Waals surface area contributed by atoms with Crippen molar-refractivity contribution in [3.8, 4) is 5.75 Å². The minimum atomic E-state index is -0.0416. The topological polar surface area (TPSA) is 59.6 Å². The van der Waals surface area contributed by atoms with Gasteiger partial charge in [0.05, 0.1) is 18.8 Å². The summed E-state index contributed by atoms with van der Waals surface area (Å²) in [6.07, 6.45) is 0.823. The minimum absolute atomic E-state index is 0.0416. The molecular formula is C20H26N2O3. The Morgan fingerprint density at radius 2 is 1.76 bits per heavy atom. The molecule has 0 saturated carbocycles. The third-order valence-electron chi connectivity index (χ3n) is 3.59. The van der Waals surface area contributed by atoms with E-state index in [1.165, 1.54) is 5.56 Å². The van der Waals surface area contributed by atoms with Crippen molar-refractivity contribution in [2.75, 3.05) is 38.2 Å². The first-order valence-electron chi connectivity index (χ1n) is 8.63. The smallest absolute Gasteiger partial charge is 0.239 e. The van der Waals surface area contributed by atoms with E-state index in [2.05, 4.69) is 22.8 Å². The zero-order valence-corrected chi connectivity index (χ0v) is 14.7. The molecule has 0 fully saturated rings. The second-order valence-electron chi connectivity index (χ2n) is 5.48. The highest BCUT2D eigenvalue weighted by molar-refractivity contribution is 5.81. The summed E-state index contributed by atoms with van der Waals surface area (Å²) in [7, 11) is 0. The van der Waals surface area contributed by atoms with E-state index in [0.29, 0.717) is 26.4 Å². The van der Waals surface area contributed by atoms with Crippen molar-refractivity contribution < 1.29 is 14.3 Å². The standard InChI is InChI=1S/C20H26N2O3/c1-2-24-14-15-25-19-11-7-6-10-18(19)22-16-20(23)21-13-12-17-8-4-3-5-9-17/h3-11,22H,2,12-16H2,1H3,(H,21,23). The molecule has 134 valence electrons. The van der Waals surface area contributed by atoms with E-state index in [-0.39, 0.29) is 12.5 Å². The molecule has 5 heteroatoms. The molecule has 0 aliphatic carbocycles. The van der Waals surface area contributed by atoms with Gasteiger partial charge in [0.15, 0.2) is 0 Å². The first-order valence-corrected chi connectivity index (χ1v) is 8.63. The first kappa shape index (κ1) is 18.8. The van der Waals surface area contributed by atoms with Crippen LogP contribution < -0.4 is 15.4 Å². The molecule has 0 aliphatic rings. The van der Waals surface area contributed by atoms with Crippen molar-refractivity contribution in [1.29, 1.82) is 0 Å². The Kier molecular flexibility index (Phi) is 8.35. The molecule has 0 radical (unpaired) electrons. The average molecular weight is 342 g/mol. The van der Waals surface area contributed by atoms with Crippen LogP contribution in [0.4, 0.5) is 5.69 Å². The highest BCUT2D eigenvalue weighted by Crippen LogP contribution is 2.23. The van der Waals surface area contributed by atoms with Gasteiger partial charge in [-0.15, -0.1) is 0 Å². The van der Waals surface area contributed by atoms with Crippen LogP contribution in [0.25, 0.3) is 0 Å². The van der Waals surface area contributed by atoms with Gasteiger partial charge in [-0.2, -0.15) is 0 Å². The molecule has 0 heterocycles. The lowest BCUT2D eigenvalue weighted by Gasteiger charge is -2.13. The highest BCUT2D eigenvalue weighted by atomic mass is 16.5. The fraction of sp³-hybridized carbons (Fsp3) is 0.350. The normalized spacial score (nSPS) is 10.3. The molecule has 2 N–H and O–H groups in total. The molecule has 0 aliphatic heterocycles. The average Bonchev–Trinajstić information content (AvgIpc) is 2.65. The van der Waals surface area contributed by atoms with E-state index in [4.69, 9.17) is 9.47 Å². The van der Waals surface area contributed by atoms with Gasteiger partial charge in [0.2, 0.25) is 5.91 Å². The van der Waals surface area contributed by atoms with Gasteiger partial charge in [-0.05, 0) is 31.0 Å².